The molecule has 4 aromatic carbocycles. The fourth-order valence-corrected chi connectivity index (χ4v) is 4.74. The summed E-state index contributed by atoms with van der Waals surface area (Å²) in [6.45, 7) is 0.285. The molecule has 0 heterocycles. The highest BCUT2D eigenvalue weighted by Crippen LogP contribution is 2.27. The number of nitrogens with zero attached hydrogens (tertiary/aromatic N) is 1. The van der Waals surface area contributed by atoms with Crippen LogP contribution in [0.25, 0.3) is 11.1 Å². The molecule has 0 aliphatic heterocycles. The molecule has 8 nitrogen and oxygen atoms in total. The summed E-state index contributed by atoms with van der Waals surface area (Å²) in [5, 5.41) is 15.9. The third-order valence-electron chi connectivity index (χ3n) is 5.82. The largest absolute Gasteiger partial charge is 0.384 e. The van der Waals surface area contributed by atoms with Crippen LogP contribution in [0.4, 0.5) is 15.8 Å². The Balaban J connectivity index is 1.53. The van der Waals surface area contributed by atoms with Crippen molar-refractivity contribution < 1.29 is 17.6 Å². The van der Waals surface area contributed by atoms with Gasteiger partial charge in [-0.05, 0) is 53.6 Å². The van der Waals surface area contributed by atoms with E-state index in [9.17, 15) is 17.6 Å². The number of hydrogen-bond acceptors (Lipinski definition) is 5. The number of amidine groups is 1. The second-order valence-corrected chi connectivity index (χ2v) is 10.1. The van der Waals surface area contributed by atoms with Gasteiger partial charge in [0, 0.05) is 29.0 Å². The fraction of sp³-hybridized carbons (Fsp3) is 0.0714. The van der Waals surface area contributed by atoms with E-state index in [4.69, 9.17) is 16.3 Å². The highest BCUT2D eigenvalue weighted by atomic mass is 32.2. The average Bonchev–Trinajstić information content (AvgIpc) is 2.89. The molecule has 194 valence electrons. The van der Waals surface area contributed by atoms with E-state index >= 15 is 0 Å². The highest BCUT2D eigenvalue weighted by Gasteiger charge is 2.16. The van der Waals surface area contributed by atoms with Gasteiger partial charge < -0.3 is 16.0 Å². The minimum atomic E-state index is -3.90. The molecule has 4 rings (SSSR count). The lowest BCUT2D eigenvalue weighted by molar-refractivity contribution is -0.115. The number of amides is 1. The Morgan fingerprint density at radius 3 is 2.26 bits per heavy atom. The minimum absolute atomic E-state index is 0.0148. The number of benzene rings is 4. The molecule has 0 aliphatic carbocycles. The number of rotatable bonds is 9. The van der Waals surface area contributed by atoms with E-state index in [1.807, 2.05) is 0 Å². The lowest BCUT2D eigenvalue weighted by Gasteiger charge is -2.25. The smallest absolute Gasteiger partial charge is 0.243 e. The van der Waals surface area contributed by atoms with Crippen molar-refractivity contribution in [2.45, 2.75) is 11.4 Å². The van der Waals surface area contributed by atoms with Gasteiger partial charge in [0.05, 0.1) is 11.4 Å². The fourth-order valence-electron chi connectivity index (χ4n) is 3.98. The van der Waals surface area contributed by atoms with Crippen LogP contribution >= 0.6 is 0 Å². The number of nitrogen functional groups attached to an aromatic ring is 1. The molecule has 0 aliphatic rings. The first-order valence-electron chi connectivity index (χ1n) is 11.6. The maximum Gasteiger partial charge on any atom is 0.243 e. The van der Waals surface area contributed by atoms with Gasteiger partial charge in [0.2, 0.25) is 15.9 Å². The van der Waals surface area contributed by atoms with Crippen LogP contribution in [0.2, 0.25) is 0 Å². The zero-order valence-electron chi connectivity index (χ0n) is 20.3. The number of nitrogens with one attached hydrogen (secondary N) is 2. The Hall–Kier alpha value is -4.54. The molecule has 6 N–H and O–H groups in total. The lowest BCUT2D eigenvalue weighted by atomic mass is 10.1. The summed E-state index contributed by atoms with van der Waals surface area (Å²) in [7, 11) is -3.90. The van der Waals surface area contributed by atoms with Crippen LogP contribution in [0, 0.1) is 11.2 Å². The third kappa shape index (κ3) is 6.61. The second kappa shape index (κ2) is 11.2. The molecule has 0 spiro atoms. The number of carbonyl (C=O) groups excluding carboxylic acids is 1. The van der Waals surface area contributed by atoms with Crippen LogP contribution in [0.3, 0.4) is 0 Å². The van der Waals surface area contributed by atoms with Crippen molar-refractivity contribution in [2.24, 2.45) is 10.9 Å². The van der Waals surface area contributed by atoms with Crippen molar-refractivity contribution in [3.8, 4) is 11.1 Å². The molecule has 1 amide bonds. The van der Waals surface area contributed by atoms with Crippen LogP contribution < -0.4 is 21.1 Å². The van der Waals surface area contributed by atoms with Gasteiger partial charge in [-0.15, -0.1) is 0 Å². The summed E-state index contributed by atoms with van der Waals surface area (Å²) in [6.07, 6.45) is 0. The number of sulfonamides is 1. The Kier molecular flexibility index (Phi) is 7.85. The summed E-state index contributed by atoms with van der Waals surface area (Å²) in [6, 6.07) is 26.2. The number of hydrogen-bond donors (Lipinski definition) is 4. The van der Waals surface area contributed by atoms with Crippen LogP contribution in [-0.4, -0.2) is 26.7 Å². The summed E-state index contributed by atoms with van der Waals surface area (Å²) in [5.41, 5.74) is 9.24. The predicted molar refractivity (Wildman–Crippen MR) is 147 cm³/mol. The standard InChI is InChI=1S/C28H26FN5O3S/c29-22-12-8-19(9-13-22)17-34(24-5-3-4-21(16-24)28(30)31)18-27(35)33-23-14-10-20(11-15-23)25-6-1-2-7-26(25)38(32,36)37/h1-16H,17-18H2,(H3,30,31)(H,33,35)(H2,32,36,37). The monoisotopic (exact) mass is 531 g/mol. The molecule has 0 unspecified atom stereocenters. The van der Waals surface area contributed by atoms with Crippen molar-refractivity contribution in [3.63, 3.8) is 0 Å². The molecule has 0 saturated heterocycles. The zero-order valence-corrected chi connectivity index (χ0v) is 21.1. The summed E-state index contributed by atoms with van der Waals surface area (Å²) in [5.74, 6) is -0.757. The Bertz CT molecular complexity index is 1570. The number of anilines is 2. The average molecular weight is 532 g/mol. The van der Waals surface area contributed by atoms with E-state index in [0.29, 0.717) is 34.6 Å². The molecule has 0 fully saturated rings. The predicted octanol–water partition coefficient (Wildman–Crippen LogP) is 4.07. The Morgan fingerprint density at radius 2 is 1.61 bits per heavy atom. The molecule has 0 radical (unpaired) electrons. The van der Waals surface area contributed by atoms with Crippen molar-refractivity contribution in [3.05, 3.63) is 114 Å². The summed E-state index contributed by atoms with van der Waals surface area (Å²) >= 11 is 0. The van der Waals surface area contributed by atoms with Gasteiger partial charge in [-0.25, -0.2) is 17.9 Å². The van der Waals surface area contributed by atoms with E-state index in [0.717, 1.165) is 5.56 Å². The maximum absolute atomic E-state index is 13.4. The van der Waals surface area contributed by atoms with Gasteiger partial charge in [-0.1, -0.05) is 54.6 Å². The van der Waals surface area contributed by atoms with Crippen molar-refractivity contribution in [1.82, 2.24) is 0 Å². The topological polar surface area (TPSA) is 142 Å². The first-order chi connectivity index (χ1) is 18.1. The molecule has 0 saturated carbocycles. The molecule has 10 heteroatoms. The number of primary sulfonamides is 1. The third-order valence-corrected chi connectivity index (χ3v) is 6.79. The molecule has 0 aromatic heterocycles. The quantitative estimate of drug-likeness (QED) is 0.190. The van der Waals surface area contributed by atoms with Crippen molar-refractivity contribution in [1.29, 1.82) is 5.41 Å². The van der Waals surface area contributed by atoms with Crippen LogP contribution in [0.1, 0.15) is 11.1 Å². The van der Waals surface area contributed by atoms with Gasteiger partial charge in [0.15, 0.2) is 0 Å². The van der Waals surface area contributed by atoms with Crippen molar-refractivity contribution >= 4 is 33.1 Å². The lowest BCUT2D eigenvalue weighted by Crippen LogP contribution is -2.33. The molecule has 38 heavy (non-hydrogen) atoms. The van der Waals surface area contributed by atoms with Gasteiger partial charge in [0.25, 0.3) is 0 Å². The highest BCUT2D eigenvalue weighted by molar-refractivity contribution is 7.89. The molecular formula is C28H26FN5O3S. The number of carbonyl (C=O) groups is 1. The zero-order chi connectivity index (χ0) is 27.3. The molecular weight excluding hydrogens is 505 g/mol. The maximum atomic E-state index is 13.4. The van der Waals surface area contributed by atoms with E-state index in [2.05, 4.69) is 5.32 Å². The van der Waals surface area contributed by atoms with E-state index in [1.54, 1.807) is 83.8 Å². The normalized spacial score (nSPS) is 11.1. The Morgan fingerprint density at radius 1 is 0.921 bits per heavy atom. The summed E-state index contributed by atoms with van der Waals surface area (Å²) < 4.78 is 37.3. The Labute approximate surface area is 220 Å². The SMILES string of the molecule is N=C(N)c1cccc(N(CC(=O)Nc2ccc(-c3ccccc3S(N)(=O)=O)cc2)Cc2ccc(F)cc2)c1. The number of halogens is 1. The van der Waals surface area contributed by atoms with E-state index in [-0.39, 0.29) is 29.0 Å². The first-order valence-corrected chi connectivity index (χ1v) is 13.1. The van der Waals surface area contributed by atoms with E-state index in [1.165, 1.54) is 18.2 Å². The molecule has 0 atom stereocenters. The number of nitrogens with two attached hydrogens (primary N) is 2. The van der Waals surface area contributed by atoms with Crippen molar-refractivity contribution in [2.75, 3.05) is 16.8 Å². The molecule has 0 bridgehead atoms. The second-order valence-electron chi connectivity index (χ2n) is 8.61. The van der Waals surface area contributed by atoms with Crippen LogP contribution in [-0.2, 0) is 21.4 Å². The van der Waals surface area contributed by atoms with E-state index < -0.39 is 10.0 Å². The van der Waals surface area contributed by atoms with Gasteiger partial charge in [-0.3, -0.25) is 10.2 Å². The van der Waals surface area contributed by atoms with Gasteiger partial charge >= 0.3 is 0 Å². The van der Waals surface area contributed by atoms with Crippen LogP contribution in [0.5, 0.6) is 0 Å². The van der Waals surface area contributed by atoms with Crippen LogP contribution in [0.15, 0.2) is 102 Å². The van der Waals surface area contributed by atoms with Gasteiger partial charge in [0.1, 0.15) is 11.7 Å². The summed E-state index contributed by atoms with van der Waals surface area (Å²) in [4.78, 5) is 14.8. The minimum Gasteiger partial charge on any atom is -0.384 e. The van der Waals surface area contributed by atoms with Gasteiger partial charge in [-0.2, -0.15) is 0 Å². The molecule has 4 aromatic rings. The first kappa shape index (κ1) is 26.5.